The monoisotopic (exact) mass is 228 g/mol. The van der Waals surface area contributed by atoms with Gasteiger partial charge in [0.2, 0.25) is 5.91 Å². The fourth-order valence-electron chi connectivity index (χ4n) is 2.33. The number of carboxylic acids is 1. The summed E-state index contributed by atoms with van der Waals surface area (Å²) in [5, 5.41) is 8.73. The minimum atomic E-state index is -0.906. The van der Waals surface area contributed by atoms with Crippen LogP contribution in [0, 0.1) is 5.92 Å². The summed E-state index contributed by atoms with van der Waals surface area (Å²) in [5.41, 5.74) is 5.10. The molecule has 1 fully saturated rings. The van der Waals surface area contributed by atoms with Crippen LogP contribution in [-0.2, 0) is 9.59 Å². The number of nitrogens with zero attached hydrogens (tertiary/aromatic N) is 1. The zero-order chi connectivity index (χ0) is 12.0. The fourth-order valence-corrected chi connectivity index (χ4v) is 2.33. The van der Waals surface area contributed by atoms with Crippen LogP contribution in [0.2, 0.25) is 0 Å². The van der Waals surface area contributed by atoms with Crippen molar-refractivity contribution in [2.24, 2.45) is 11.7 Å². The first kappa shape index (κ1) is 13.0. The molecule has 0 radical (unpaired) electrons. The van der Waals surface area contributed by atoms with Crippen molar-refractivity contribution in [1.82, 2.24) is 4.90 Å². The van der Waals surface area contributed by atoms with Crippen molar-refractivity contribution in [3.8, 4) is 0 Å². The molecule has 0 heterocycles. The molecule has 1 saturated carbocycles. The summed E-state index contributed by atoms with van der Waals surface area (Å²) in [6.45, 7) is 0.622. The van der Waals surface area contributed by atoms with E-state index in [-0.39, 0.29) is 13.1 Å². The van der Waals surface area contributed by atoms with Crippen molar-refractivity contribution in [2.75, 3.05) is 19.6 Å². The molecule has 0 saturated heterocycles. The van der Waals surface area contributed by atoms with Crippen LogP contribution in [-0.4, -0.2) is 41.5 Å². The van der Waals surface area contributed by atoms with Crippen LogP contribution in [0.25, 0.3) is 0 Å². The lowest BCUT2D eigenvalue weighted by molar-refractivity contribution is -0.138. The Bertz CT molecular complexity index is 234. The lowest BCUT2D eigenvalue weighted by Gasteiger charge is -2.27. The average Bonchev–Trinajstić information content (AvgIpc) is 2.16. The number of hydrogen-bond acceptors (Lipinski definition) is 3. The average molecular weight is 228 g/mol. The maximum Gasteiger partial charge on any atom is 0.317 e. The van der Waals surface area contributed by atoms with E-state index in [0.29, 0.717) is 12.5 Å². The number of nitrogens with two attached hydrogens (primary N) is 1. The van der Waals surface area contributed by atoms with E-state index in [0.717, 1.165) is 12.8 Å². The molecule has 1 rings (SSSR count). The molecule has 1 amide bonds. The molecular formula is C11H20N2O3. The van der Waals surface area contributed by atoms with Gasteiger partial charge in [-0.05, 0) is 18.8 Å². The van der Waals surface area contributed by atoms with Gasteiger partial charge in [0, 0.05) is 6.54 Å². The number of amides is 1. The van der Waals surface area contributed by atoms with Gasteiger partial charge in [-0.1, -0.05) is 19.3 Å². The summed E-state index contributed by atoms with van der Waals surface area (Å²) in [6, 6.07) is 0. The molecule has 92 valence electrons. The molecule has 1 aliphatic carbocycles. The van der Waals surface area contributed by atoms with Gasteiger partial charge in [-0.2, -0.15) is 0 Å². The van der Waals surface area contributed by atoms with Crippen LogP contribution in [0.5, 0.6) is 0 Å². The van der Waals surface area contributed by atoms with E-state index in [2.05, 4.69) is 0 Å². The molecule has 1 aliphatic rings. The van der Waals surface area contributed by atoms with Crippen LogP contribution in [0.3, 0.4) is 0 Å². The Morgan fingerprint density at radius 2 is 1.81 bits per heavy atom. The smallest absolute Gasteiger partial charge is 0.317 e. The Balaban J connectivity index is 2.40. The predicted molar refractivity (Wildman–Crippen MR) is 59.8 cm³/mol. The second-order valence-corrected chi connectivity index (χ2v) is 4.53. The molecule has 0 aliphatic heterocycles. The molecule has 5 nitrogen and oxygen atoms in total. The van der Waals surface area contributed by atoms with Crippen LogP contribution in [0.15, 0.2) is 0 Å². The number of primary amides is 1. The Labute approximate surface area is 95.6 Å². The lowest BCUT2D eigenvalue weighted by atomic mass is 9.89. The third-order valence-electron chi connectivity index (χ3n) is 2.98. The zero-order valence-electron chi connectivity index (χ0n) is 9.52. The van der Waals surface area contributed by atoms with Crippen LogP contribution in [0.1, 0.15) is 32.1 Å². The predicted octanol–water partition coefficient (Wildman–Crippen LogP) is 0.439. The second-order valence-electron chi connectivity index (χ2n) is 4.53. The summed E-state index contributed by atoms with van der Waals surface area (Å²) in [4.78, 5) is 23.1. The van der Waals surface area contributed by atoms with Gasteiger partial charge < -0.3 is 10.8 Å². The van der Waals surface area contributed by atoms with E-state index in [1.807, 2.05) is 0 Å². The third-order valence-corrected chi connectivity index (χ3v) is 2.98. The van der Waals surface area contributed by atoms with Gasteiger partial charge in [0.1, 0.15) is 0 Å². The first-order valence-electron chi connectivity index (χ1n) is 5.80. The Morgan fingerprint density at radius 1 is 1.19 bits per heavy atom. The Hall–Kier alpha value is -1.10. The van der Waals surface area contributed by atoms with E-state index in [1.165, 1.54) is 19.3 Å². The normalized spacial score (nSPS) is 17.6. The van der Waals surface area contributed by atoms with Gasteiger partial charge in [-0.15, -0.1) is 0 Å². The molecule has 5 heteroatoms. The lowest BCUT2D eigenvalue weighted by Crippen LogP contribution is -2.40. The highest BCUT2D eigenvalue weighted by molar-refractivity contribution is 5.77. The first-order chi connectivity index (χ1) is 7.58. The largest absolute Gasteiger partial charge is 0.480 e. The molecule has 0 spiro atoms. The second kappa shape index (κ2) is 6.48. The minimum absolute atomic E-state index is 0.0444. The molecule has 0 aromatic heterocycles. The number of carbonyl (C=O) groups excluding carboxylic acids is 1. The topological polar surface area (TPSA) is 83.6 Å². The highest BCUT2D eigenvalue weighted by Crippen LogP contribution is 2.24. The summed E-state index contributed by atoms with van der Waals surface area (Å²) >= 11 is 0. The summed E-state index contributed by atoms with van der Waals surface area (Å²) < 4.78 is 0. The number of hydrogen-bond donors (Lipinski definition) is 2. The molecular weight excluding hydrogens is 208 g/mol. The van der Waals surface area contributed by atoms with Crippen molar-refractivity contribution in [3.63, 3.8) is 0 Å². The highest BCUT2D eigenvalue weighted by atomic mass is 16.4. The van der Waals surface area contributed by atoms with Gasteiger partial charge in [0.05, 0.1) is 13.1 Å². The molecule has 16 heavy (non-hydrogen) atoms. The van der Waals surface area contributed by atoms with Crippen molar-refractivity contribution < 1.29 is 14.7 Å². The van der Waals surface area contributed by atoms with Crippen LogP contribution >= 0.6 is 0 Å². The number of carboxylic acid groups (broad SMARTS) is 1. The van der Waals surface area contributed by atoms with Crippen molar-refractivity contribution in [2.45, 2.75) is 32.1 Å². The quantitative estimate of drug-likeness (QED) is 0.691. The zero-order valence-corrected chi connectivity index (χ0v) is 9.52. The molecule has 0 aromatic carbocycles. The Kier molecular flexibility index (Phi) is 5.25. The molecule has 0 bridgehead atoms. The van der Waals surface area contributed by atoms with E-state index in [4.69, 9.17) is 10.8 Å². The Morgan fingerprint density at radius 3 is 2.31 bits per heavy atom. The highest BCUT2D eigenvalue weighted by Gasteiger charge is 2.19. The van der Waals surface area contributed by atoms with Crippen molar-refractivity contribution in [3.05, 3.63) is 0 Å². The SMILES string of the molecule is NC(=O)CN(CC(=O)O)CC1CCCCC1. The first-order valence-corrected chi connectivity index (χ1v) is 5.80. The maximum atomic E-state index is 10.8. The third kappa shape index (κ3) is 5.11. The van der Waals surface area contributed by atoms with Gasteiger partial charge >= 0.3 is 5.97 Å². The van der Waals surface area contributed by atoms with Gasteiger partial charge in [-0.25, -0.2) is 0 Å². The van der Waals surface area contributed by atoms with E-state index in [1.54, 1.807) is 4.90 Å². The van der Waals surface area contributed by atoms with Crippen molar-refractivity contribution in [1.29, 1.82) is 0 Å². The van der Waals surface area contributed by atoms with Crippen LogP contribution < -0.4 is 5.73 Å². The molecule has 0 atom stereocenters. The summed E-state index contributed by atoms with van der Waals surface area (Å²) in [7, 11) is 0. The molecule has 0 aromatic rings. The fraction of sp³-hybridized carbons (Fsp3) is 0.818. The minimum Gasteiger partial charge on any atom is -0.480 e. The van der Waals surface area contributed by atoms with E-state index in [9.17, 15) is 9.59 Å². The van der Waals surface area contributed by atoms with Crippen molar-refractivity contribution >= 4 is 11.9 Å². The van der Waals surface area contributed by atoms with Gasteiger partial charge in [0.25, 0.3) is 0 Å². The number of rotatable bonds is 6. The molecule has 0 unspecified atom stereocenters. The summed E-state index contributed by atoms with van der Waals surface area (Å²) in [6.07, 6.45) is 5.96. The van der Waals surface area contributed by atoms with E-state index >= 15 is 0 Å². The van der Waals surface area contributed by atoms with Crippen LogP contribution in [0.4, 0.5) is 0 Å². The summed E-state index contributed by atoms with van der Waals surface area (Å²) in [5.74, 6) is -0.846. The molecule has 3 N–H and O–H groups in total. The van der Waals surface area contributed by atoms with Gasteiger partial charge in [0.15, 0.2) is 0 Å². The standard InChI is InChI=1S/C11H20N2O3/c12-10(14)7-13(8-11(15)16)6-9-4-2-1-3-5-9/h9H,1-8H2,(H2,12,14)(H,15,16). The van der Waals surface area contributed by atoms with E-state index < -0.39 is 11.9 Å². The number of aliphatic carboxylic acids is 1. The van der Waals surface area contributed by atoms with Gasteiger partial charge in [-0.3, -0.25) is 14.5 Å². The number of carbonyl (C=O) groups is 2. The maximum absolute atomic E-state index is 10.8.